The van der Waals surface area contributed by atoms with E-state index in [2.05, 4.69) is 29.5 Å². The zero-order chi connectivity index (χ0) is 9.30. The lowest BCUT2D eigenvalue weighted by molar-refractivity contribution is 1.04. The number of nitrogen functional groups attached to an aromatic ring is 1. The standard InChI is InChI=1S/C9H13IN2/c1-5-7(4-11)3-8(12)6(2)9(5)10/h3H,4,11-12H2,1-2H3. The molecule has 0 amide bonds. The van der Waals surface area contributed by atoms with Crippen LogP contribution >= 0.6 is 22.6 Å². The minimum atomic E-state index is 0.562. The van der Waals surface area contributed by atoms with Gasteiger partial charge in [0, 0.05) is 15.8 Å². The van der Waals surface area contributed by atoms with Crippen molar-refractivity contribution in [1.82, 2.24) is 0 Å². The maximum Gasteiger partial charge on any atom is 0.0357 e. The molecule has 12 heavy (non-hydrogen) atoms. The molecule has 0 spiro atoms. The largest absolute Gasteiger partial charge is 0.398 e. The van der Waals surface area contributed by atoms with Crippen LogP contribution in [0.2, 0.25) is 0 Å². The molecule has 1 aromatic carbocycles. The molecule has 0 aromatic heterocycles. The fourth-order valence-electron chi connectivity index (χ4n) is 1.17. The Morgan fingerprint density at radius 2 is 1.92 bits per heavy atom. The van der Waals surface area contributed by atoms with Gasteiger partial charge in [0.25, 0.3) is 0 Å². The van der Waals surface area contributed by atoms with Crippen molar-refractivity contribution < 1.29 is 0 Å². The van der Waals surface area contributed by atoms with Crippen LogP contribution in [-0.2, 0) is 6.54 Å². The highest BCUT2D eigenvalue weighted by molar-refractivity contribution is 14.1. The third-order valence-corrected chi connectivity index (χ3v) is 3.74. The summed E-state index contributed by atoms with van der Waals surface area (Å²) in [6.45, 7) is 4.67. The van der Waals surface area contributed by atoms with Crippen molar-refractivity contribution in [3.8, 4) is 0 Å². The highest BCUT2D eigenvalue weighted by atomic mass is 127. The van der Waals surface area contributed by atoms with Gasteiger partial charge in [-0.15, -0.1) is 0 Å². The van der Waals surface area contributed by atoms with Gasteiger partial charge in [-0.25, -0.2) is 0 Å². The molecule has 0 saturated carbocycles. The SMILES string of the molecule is Cc1c(N)cc(CN)c(C)c1I. The van der Waals surface area contributed by atoms with Gasteiger partial charge in [-0.3, -0.25) is 0 Å². The summed E-state index contributed by atoms with van der Waals surface area (Å²) < 4.78 is 1.23. The minimum Gasteiger partial charge on any atom is -0.398 e. The van der Waals surface area contributed by atoms with E-state index in [0.717, 1.165) is 16.8 Å². The molecule has 0 aliphatic heterocycles. The first-order valence-electron chi connectivity index (χ1n) is 3.82. The molecule has 0 aliphatic carbocycles. The zero-order valence-electron chi connectivity index (χ0n) is 7.32. The van der Waals surface area contributed by atoms with E-state index in [1.807, 2.05) is 13.0 Å². The van der Waals surface area contributed by atoms with Crippen LogP contribution in [-0.4, -0.2) is 0 Å². The molecule has 0 aliphatic rings. The summed E-state index contributed by atoms with van der Waals surface area (Å²) in [4.78, 5) is 0. The van der Waals surface area contributed by atoms with E-state index < -0.39 is 0 Å². The number of hydrogen-bond donors (Lipinski definition) is 2. The average Bonchev–Trinajstić information content (AvgIpc) is 2.08. The van der Waals surface area contributed by atoms with Crippen LogP contribution in [0, 0.1) is 17.4 Å². The molecule has 0 heterocycles. The summed E-state index contributed by atoms with van der Waals surface area (Å²) >= 11 is 2.31. The molecule has 1 aromatic rings. The Labute approximate surface area is 86.5 Å². The summed E-state index contributed by atoms with van der Waals surface area (Å²) in [5.74, 6) is 0. The lowest BCUT2D eigenvalue weighted by Gasteiger charge is -2.10. The molecule has 66 valence electrons. The first-order chi connectivity index (χ1) is 5.57. The molecular formula is C9H13IN2. The van der Waals surface area contributed by atoms with Crippen LogP contribution in [0.3, 0.4) is 0 Å². The van der Waals surface area contributed by atoms with Gasteiger partial charge in [0.1, 0.15) is 0 Å². The second-order valence-corrected chi connectivity index (χ2v) is 3.97. The fraction of sp³-hybridized carbons (Fsp3) is 0.333. The Morgan fingerprint density at radius 3 is 2.42 bits per heavy atom. The quantitative estimate of drug-likeness (QED) is 0.608. The first kappa shape index (κ1) is 9.80. The molecule has 1 rings (SSSR count). The van der Waals surface area contributed by atoms with Crippen molar-refractivity contribution in [1.29, 1.82) is 0 Å². The van der Waals surface area contributed by atoms with E-state index in [-0.39, 0.29) is 0 Å². The van der Waals surface area contributed by atoms with Gasteiger partial charge >= 0.3 is 0 Å². The van der Waals surface area contributed by atoms with Gasteiger partial charge in [-0.1, -0.05) is 0 Å². The highest BCUT2D eigenvalue weighted by Crippen LogP contribution is 2.25. The van der Waals surface area contributed by atoms with E-state index in [1.54, 1.807) is 0 Å². The van der Waals surface area contributed by atoms with E-state index in [0.29, 0.717) is 6.54 Å². The van der Waals surface area contributed by atoms with E-state index >= 15 is 0 Å². The number of hydrogen-bond acceptors (Lipinski definition) is 2. The molecular weight excluding hydrogens is 263 g/mol. The van der Waals surface area contributed by atoms with Crippen LogP contribution < -0.4 is 11.5 Å². The monoisotopic (exact) mass is 276 g/mol. The summed E-state index contributed by atoms with van der Waals surface area (Å²) in [7, 11) is 0. The Hall–Kier alpha value is -0.290. The Balaban J connectivity index is 3.39. The zero-order valence-corrected chi connectivity index (χ0v) is 9.47. The van der Waals surface area contributed by atoms with Gasteiger partial charge in [-0.2, -0.15) is 0 Å². The maximum atomic E-state index is 5.81. The average molecular weight is 276 g/mol. The normalized spacial score (nSPS) is 10.3. The van der Waals surface area contributed by atoms with E-state index in [9.17, 15) is 0 Å². The van der Waals surface area contributed by atoms with Crippen LogP contribution in [0.25, 0.3) is 0 Å². The number of nitrogens with two attached hydrogens (primary N) is 2. The van der Waals surface area contributed by atoms with E-state index in [4.69, 9.17) is 11.5 Å². The third-order valence-electron chi connectivity index (χ3n) is 2.12. The molecule has 3 heteroatoms. The molecule has 0 saturated heterocycles. The van der Waals surface area contributed by atoms with Crippen molar-refractivity contribution in [2.24, 2.45) is 5.73 Å². The lowest BCUT2D eigenvalue weighted by Crippen LogP contribution is -2.04. The topological polar surface area (TPSA) is 52.0 Å². The van der Waals surface area contributed by atoms with Crippen molar-refractivity contribution in [3.63, 3.8) is 0 Å². The maximum absolute atomic E-state index is 5.81. The Kier molecular flexibility index (Phi) is 2.95. The lowest BCUT2D eigenvalue weighted by atomic mass is 10.0. The van der Waals surface area contributed by atoms with E-state index in [1.165, 1.54) is 9.13 Å². The van der Waals surface area contributed by atoms with Crippen molar-refractivity contribution in [2.75, 3.05) is 5.73 Å². The van der Waals surface area contributed by atoms with Gasteiger partial charge in [0.05, 0.1) is 0 Å². The Bertz CT molecular complexity index is 308. The second kappa shape index (κ2) is 3.62. The van der Waals surface area contributed by atoms with Crippen LogP contribution in [0.15, 0.2) is 6.07 Å². The van der Waals surface area contributed by atoms with Crippen LogP contribution in [0.5, 0.6) is 0 Å². The predicted molar refractivity (Wildman–Crippen MR) is 60.9 cm³/mol. The summed E-state index contributed by atoms with van der Waals surface area (Å²) in [6, 6.07) is 1.97. The third kappa shape index (κ3) is 1.56. The minimum absolute atomic E-state index is 0.562. The van der Waals surface area contributed by atoms with Crippen LogP contribution in [0.1, 0.15) is 16.7 Å². The molecule has 0 bridgehead atoms. The summed E-state index contributed by atoms with van der Waals surface area (Å²) in [6.07, 6.45) is 0. The number of benzene rings is 1. The number of anilines is 1. The molecule has 0 radical (unpaired) electrons. The number of halogens is 1. The van der Waals surface area contributed by atoms with Crippen molar-refractivity contribution in [3.05, 3.63) is 26.3 Å². The molecule has 0 unspecified atom stereocenters. The Morgan fingerprint density at radius 1 is 1.33 bits per heavy atom. The summed E-state index contributed by atoms with van der Waals surface area (Å²) in [5.41, 5.74) is 15.8. The molecule has 2 nitrogen and oxygen atoms in total. The van der Waals surface area contributed by atoms with Crippen molar-refractivity contribution >= 4 is 28.3 Å². The second-order valence-electron chi connectivity index (χ2n) is 2.89. The van der Waals surface area contributed by atoms with Gasteiger partial charge < -0.3 is 11.5 Å². The van der Waals surface area contributed by atoms with Gasteiger partial charge in [0.2, 0.25) is 0 Å². The smallest absolute Gasteiger partial charge is 0.0357 e. The van der Waals surface area contributed by atoms with Crippen LogP contribution in [0.4, 0.5) is 5.69 Å². The van der Waals surface area contributed by atoms with Gasteiger partial charge in [-0.05, 0) is 59.2 Å². The summed E-state index contributed by atoms with van der Waals surface area (Å²) in [5, 5.41) is 0. The predicted octanol–water partition coefficient (Wildman–Crippen LogP) is 1.95. The molecule has 0 fully saturated rings. The van der Waals surface area contributed by atoms with Gasteiger partial charge in [0.15, 0.2) is 0 Å². The molecule has 4 N–H and O–H groups in total. The fourth-order valence-corrected chi connectivity index (χ4v) is 1.82. The van der Waals surface area contributed by atoms with Crippen molar-refractivity contribution in [2.45, 2.75) is 20.4 Å². The first-order valence-corrected chi connectivity index (χ1v) is 4.90. The highest BCUT2D eigenvalue weighted by Gasteiger charge is 2.06. The molecule has 0 atom stereocenters. The number of rotatable bonds is 1.